The van der Waals surface area contributed by atoms with Crippen LogP contribution in [0, 0.1) is 5.82 Å². The van der Waals surface area contributed by atoms with Crippen LogP contribution < -0.4 is 19.7 Å². The maximum absolute atomic E-state index is 14.7. The van der Waals surface area contributed by atoms with Crippen LogP contribution in [0.1, 0.15) is 12.8 Å². The summed E-state index contributed by atoms with van der Waals surface area (Å²) in [6.45, 7) is 1.24. The molecule has 0 saturated carbocycles. The topological polar surface area (TPSA) is 127 Å². The minimum atomic E-state index is -3.53. The smallest absolute Gasteiger partial charge is 0.236 e. The Bertz CT molecular complexity index is 1300. The molecule has 2 aliphatic rings. The summed E-state index contributed by atoms with van der Waals surface area (Å²) in [7, 11) is -2.13. The lowest BCUT2D eigenvalue weighted by atomic mass is 10.1. The Kier molecular flexibility index (Phi) is 5.48. The lowest BCUT2D eigenvalue weighted by Gasteiger charge is -2.27. The van der Waals surface area contributed by atoms with Gasteiger partial charge in [0.1, 0.15) is 17.6 Å². The number of rotatable bonds is 5. The highest BCUT2D eigenvalue weighted by molar-refractivity contribution is 7.93. The number of methoxy groups -OCH3 is 1. The summed E-state index contributed by atoms with van der Waals surface area (Å²) in [4.78, 5) is 12.4. The van der Waals surface area contributed by atoms with E-state index in [0.717, 1.165) is 6.20 Å². The quantitative estimate of drug-likeness (QED) is 0.550. The fraction of sp³-hybridized carbons (Fsp3) is 0.474. The maximum Gasteiger partial charge on any atom is 0.236 e. The summed E-state index contributed by atoms with van der Waals surface area (Å²) in [5.41, 5.74) is 0.397. The van der Waals surface area contributed by atoms with Crippen molar-refractivity contribution in [1.29, 1.82) is 0 Å². The molecule has 14 heteroatoms. The van der Waals surface area contributed by atoms with Gasteiger partial charge in [0.25, 0.3) is 0 Å². The van der Waals surface area contributed by atoms with E-state index in [1.54, 1.807) is 0 Å². The molecule has 0 amide bonds. The van der Waals surface area contributed by atoms with Gasteiger partial charge in [-0.25, -0.2) is 41.0 Å². The summed E-state index contributed by atoms with van der Waals surface area (Å²) >= 11 is 0. The van der Waals surface area contributed by atoms with Crippen LogP contribution in [0.15, 0.2) is 18.5 Å². The predicted octanol–water partition coefficient (Wildman–Crippen LogP) is 0.986. The van der Waals surface area contributed by atoms with Crippen LogP contribution in [-0.2, 0) is 10.0 Å². The second-order valence-corrected chi connectivity index (χ2v) is 9.85. The van der Waals surface area contributed by atoms with Crippen molar-refractivity contribution in [3.05, 3.63) is 24.3 Å². The van der Waals surface area contributed by atoms with Crippen molar-refractivity contribution in [1.82, 2.24) is 29.9 Å². The number of anilines is 2. The monoisotopic (exact) mass is 480 g/mol. The highest BCUT2D eigenvalue weighted by atomic mass is 32.2. The molecule has 2 fully saturated rings. The number of alkyl halides is 1. The van der Waals surface area contributed by atoms with Gasteiger partial charge in [-0.15, -0.1) is 5.10 Å². The fourth-order valence-electron chi connectivity index (χ4n) is 4.00. The van der Waals surface area contributed by atoms with Crippen LogP contribution in [0.2, 0.25) is 0 Å². The van der Waals surface area contributed by atoms with Gasteiger partial charge < -0.3 is 15.4 Å². The summed E-state index contributed by atoms with van der Waals surface area (Å²) in [6, 6.07) is 0.980. The molecule has 3 aromatic rings. The molecule has 0 bridgehead atoms. The van der Waals surface area contributed by atoms with Crippen molar-refractivity contribution in [3.8, 4) is 17.1 Å². The van der Waals surface area contributed by atoms with E-state index in [0.29, 0.717) is 31.6 Å². The summed E-state index contributed by atoms with van der Waals surface area (Å²) < 4.78 is 61.7. The first-order valence-corrected chi connectivity index (χ1v) is 12.1. The van der Waals surface area contributed by atoms with E-state index in [9.17, 15) is 17.2 Å². The first-order chi connectivity index (χ1) is 15.9. The Morgan fingerprint density at radius 2 is 2.15 bits per heavy atom. The third kappa shape index (κ3) is 3.93. The number of imidazole rings is 1. The second-order valence-electron chi connectivity index (χ2n) is 7.84. The van der Waals surface area contributed by atoms with Crippen molar-refractivity contribution < 1.29 is 21.9 Å². The molecule has 5 rings (SSSR count). The number of fused-ring (bicyclic) bond motifs is 1. The minimum Gasteiger partial charge on any atom is -0.493 e. The molecule has 3 aromatic heterocycles. The first kappa shape index (κ1) is 21.7. The number of halogens is 2. The standard InChI is InChI=1S/C19H22F2N8O3S/c1-32-15-7-16-23-10-14(29(16)27-18(15)28-5-2-6-33(28,30)31)17-12(21)8-24-19(26-17)25-13-9-22-4-3-11(13)20/h7-8,10-11,13,22H,2-6,9H2,1H3,(H,24,25,26). The highest BCUT2D eigenvalue weighted by Gasteiger charge is 2.33. The predicted molar refractivity (Wildman–Crippen MR) is 116 cm³/mol. The van der Waals surface area contributed by atoms with Crippen molar-refractivity contribution in [3.63, 3.8) is 0 Å². The van der Waals surface area contributed by atoms with Crippen LogP contribution in [0.25, 0.3) is 17.0 Å². The average Bonchev–Trinajstić information content (AvgIpc) is 3.37. The Hall–Kier alpha value is -3.13. The van der Waals surface area contributed by atoms with Gasteiger partial charge in [-0.1, -0.05) is 0 Å². The van der Waals surface area contributed by atoms with Gasteiger partial charge in [-0.2, -0.15) is 0 Å². The van der Waals surface area contributed by atoms with Crippen LogP contribution in [0.5, 0.6) is 5.75 Å². The van der Waals surface area contributed by atoms with Gasteiger partial charge in [0.2, 0.25) is 21.8 Å². The Balaban J connectivity index is 1.57. The zero-order valence-electron chi connectivity index (χ0n) is 17.7. The number of sulfonamides is 1. The molecule has 176 valence electrons. The van der Waals surface area contributed by atoms with E-state index in [-0.39, 0.29) is 41.2 Å². The summed E-state index contributed by atoms with van der Waals surface area (Å²) in [6.07, 6.45) is 2.09. The molecule has 33 heavy (non-hydrogen) atoms. The van der Waals surface area contributed by atoms with Gasteiger partial charge >= 0.3 is 0 Å². The molecule has 2 saturated heterocycles. The molecule has 0 spiro atoms. The molecule has 0 radical (unpaired) electrons. The Morgan fingerprint density at radius 1 is 1.30 bits per heavy atom. The van der Waals surface area contributed by atoms with Crippen molar-refractivity contribution in [2.24, 2.45) is 0 Å². The molecular weight excluding hydrogens is 458 g/mol. The minimum absolute atomic E-state index is 0.00775. The third-order valence-corrected chi connectivity index (χ3v) is 7.53. The molecule has 2 N–H and O–H groups in total. The molecule has 0 aromatic carbocycles. The lowest BCUT2D eigenvalue weighted by Crippen LogP contribution is -2.46. The largest absolute Gasteiger partial charge is 0.493 e. The fourth-order valence-corrected chi connectivity index (χ4v) is 5.51. The Morgan fingerprint density at radius 3 is 2.88 bits per heavy atom. The van der Waals surface area contributed by atoms with E-state index in [4.69, 9.17) is 4.74 Å². The van der Waals surface area contributed by atoms with E-state index in [2.05, 4.69) is 30.7 Å². The van der Waals surface area contributed by atoms with E-state index < -0.39 is 28.1 Å². The average molecular weight is 481 g/mol. The molecule has 2 unspecified atom stereocenters. The third-order valence-electron chi connectivity index (χ3n) is 5.69. The Labute approximate surface area is 188 Å². The van der Waals surface area contributed by atoms with Crippen molar-refractivity contribution in [2.75, 3.05) is 42.1 Å². The normalized spacial score (nSPS) is 22.6. The lowest BCUT2D eigenvalue weighted by molar-refractivity contribution is 0.240. The number of nitrogens with zero attached hydrogens (tertiary/aromatic N) is 6. The number of hydrogen-bond acceptors (Lipinski definition) is 9. The van der Waals surface area contributed by atoms with Crippen molar-refractivity contribution >= 4 is 27.4 Å². The van der Waals surface area contributed by atoms with Gasteiger partial charge in [0.15, 0.2) is 17.2 Å². The number of piperidine rings is 1. The molecule has 0 aliphatic carbocycles. The zero-order chi connectivity index (χ0) is 23.2. The van der Waals surface area contributed by atoms with E-state index in [1.807, 2.05) is 0 Å². The van der Waals surface area contributed by atoms with Crippen LogP contribution >= 0.6 is 0 Å². The number of aromatic nitrogens is 5. The molecule has 2 aliphatic heterocycles. The van der Waals surface area contributed by atoms with Gasteiger partial charge in [-0.05, 0) is 19.4 Å². The second kappa shape index (κ2) is 8.33. The van der Waals surface area contributed by atoms with Gasteiger partial charge in [0.05, 0.1) is 31.3 Å². The van der Waals surface area contributed by atoms with Crippen molar-refractivity contribution in [2.45, 2.75) is 25.1 Å². The zero-order valence-corrected chi connectivity index (χ0v) is 18.5. The highest BCUT2D eigenvalue weighted by Crippen LogP contribution is 2.33. The van der Waals surface area contributed by atoms with Crippen LogP contribution in [-0.4, -0.2) is 77.7 Å². The summed E-state index contributed by atoms with van der Waals surface area (Å²) in [5, 5.41) is 10.4. The van der Waals surface area contributed by atoms with E-state index >= 15 is 0 Å². The SMILES string of the molecule is COc1cc2ncc(-c3nc(NC4CNCCC4F)ncc3F)n2nc1N1CCCS1(=O)=O. The van der Waals surface area contributed by atoms with Gasteiger partial charge in [0, 0.05) is 19.2 Å². The van der Waals surface area contributed by atoms with Gasteiger partial charge in [-0.3, -0.25) is 0 Å². The molecule has 2 atom stereocenters. The number of hydrogen-bond donors (Lipinski definition) is 2. The van der Waals surface area contributed by atoms with E-state index in [1.165, 1.54) is 28.2 Å². The van der Waals surface area contributed by atoms with Crippen LogP contribution in [0.3, 0.4) is 0 Å². The number of nitrogens with one attached hydrogen (secondary N) is 2. The first-order valence-electron chi connectivity index (χ1n) is 10.4. The maximum atomic E-state index is 14.7. The molecule has 11 nitrogen and oxygen atoms in total. The van der Waals surface area contributed by atoms with Crippen LogP contribution in [0.4, 0.5) is 20.5 Å². The number of ether oxygens (including phenoxy) is 1. The summed E-state index contributed by atoms with van der Waals surface area (Å²) in [5.74, 6) is -0.339. The molecule has 5 heterocycles. The molecular formula is C19H22F2N8O3S.